The van der Waals surface area contributed by atoms with Crippen molar-refractivity contribution < 1.29 is 4.74 Å². The monoisotopic (exact) mass is 327 g/mol. The average molecular weight is 329 g/mol. The number of anilines is 1. The van der Waals surface area contributed by atoms with E-state index < -0.39 is 0 Å². The molecule has 1 heterocycles. The Morgan fingerprint density at radius 3 is 2.89 bits per heavy atom. The highest BCUT2D eigenvalue weighted by atomic mass is 79.9. The van der Waals surface area contributed by atoms with Gasteiger partial charge in [0.25, 0.3) is 0 Å². The molecule has 0 atom stereocenters. The van der Waals surface area contributed by atoms with Crippen LogP contribution in [-0.4, -0.2) is 9.97 Å². The lowest BCUT2D eigenvalue weighted by molar-refractivity contribution is 0.295. The molecule has 0 amide bonds. The topological polar surface area (TPSA) is 61.0 Å². The van der Waals surface area contributed by atoms with Crippen molar-refractivity contribution in [2.24, 2.45) is 0 Å². The number of nitrogen functional groups attached to an aromatic ring is 1. The SMILES string of the molecule is Cc1nc(Cl)nc(OCc2cccc(Br)c2)c1N. The molecule has 0 fully saturated rings. The number of ether oxygens (including phenoxy) is 1. The van der Waals surface area contributed by atoms with E-state index in [-0.39, 0.29) is 5.28 Å². The van der Waals surface area contributed by atoms with Gasteiger partial charge in [-0.25, -0.2) is 4.98 Å². The third-order valence-electron chi connectivity index (χ3n) is 2.34. The van der Waals surface area contributed by atoms with Gasteiger partial charge in [-0.3, -0.25) is 0 Å². The van der Waals surface area contributed by atoms with Crippen molar-refractivity contribution in [2.45, 2.75) is 13.5 Å². The first-order valence-corrected chi connectivity index (χ1v) is 6.40. The minimum atomic E-state index is 0.131. The summed E-state index contributed by atoms with van der Waals surface area (Å²) in [7, 11) is 0. The zero-order valence-corrected chi connectivity index (χ0v) is 12.0. The van der Waals surface area contributed by atoms with E-state index in [2.05, 4.69) is 25.9 Å². The van der Waals surface area contributed by atoms with Crippen LogP contribution in [0.5, 0.6) is 5.88 Å². The number of nitrogens with zero attached hydrogens (tertiary/aromatic N) is 2. The van der Waals surface area contributed by atoms with Crippen LogP contribution >= 0.6 is 27.5 Å². The predicted octanol–water partition coefficient (Wildman–Crippen LogP) is 3.36. The molecular weight excluding hydrogens is 318 g/mol. The summed E-state index contributed by atoms with van der Waals surface area (Å²) in [5.74, 6) is 0.312. The van der Waals surface area contributed by atoms with E-state index in [1.807, 2.05) is 24.3 Å². The largest absolute Gasteiger partial charge is 0.471 e. The maximum atomic E-state index is 5.83. The van der Waals surface area contributed by atoms with Crippen LogP contribution < -0.4 is 10.5 Å². The minimum absolute atomic E-state index is 0.131. The first kappa shape index (κ1) is 13.1. The highest BCUT2D eigenvalue weighted by Crippen LogP contribution is 2.24. The summed E-state index contributed by atoms with van der Waals surface area (Å²) >= 11 is 9.16. The van der Waals surface area contributed by atoms with Crippen molar-refractivity contribution in [3.05, 3.63) is 45.3 Å². The van der Waals surface area contributed by atoms with Gasteiger partial charge in [-0.15, -0.1) is 0 Å². The van der Waals surface area contributed by atoms with Gasteiger partial charge in [-0.1, -0.05) is 28.1 Å². The van der Waals surface area contributed by atoms with E-state index in [4.69, 9.17) is 22.1 Å². The molecule has 2 aromatic rings. The number of nitrogens with two attached hydrogens (primary N) is 1. The molecule has 0 saturated heterocycles. The summed E-state index contributed by atoms with van der Waals surface area (Å²) in [5, 5.41) is 0.131. The molecular formula is C12H11BrClN3O. The van der Waals surface area contributed by atoms with Crippen LogP contribution in [0, 0.1) is 6.92 Å². The molecule has 0 aliphatic heterocycles. The van der Waals surface area contributed by atoms with Gasteiger partial charge in [-0.2, -0.15) is 4.98 Å². The summed E-state index contributed by atoms with van der Waals surface area (Å²) in [6.07, 6.45) is 0. The molecule has 0 saturated carbocycles. The van der Waals surface area contributed by atoms with Crippen molar-refractivity contribution in [1.82, 2.24) is 9.97 Å². The Hall–Kier alpha value is -1.33. The Morgan fingerprint density at radius 1 is 1.39 bits per heavy atom. The van der Waals surface area contributed by atoms with Crippen molar-refractivity contribution >= 4 is 33.2 Å². The smallest absolute Gasteiger partial charge is 0.242 e. The lowest BCUT2D eigenvalue weighted by atomic mass is 10.2. The highest BCUT2D eigenvalue weighted by molar-refractivity contribution is 9.10. The lowest BCUT2D eigenvalue weighted by Crippen LogP contribution is -2.04. The second-order valence-corrected chi connectivity index (χ2v) is 4.97. The molecule has 1 aromatic heterocycles. The number of aromatic nitrogens is 2. The molecule has 18 heavy (non-hydrogen) atoms. The van der Waals surface area contributed by atoms with Crippen molar-refractivity contribution in [2.75, 3.05) is 5.73 Å². The maximum absolute atomic E-state index is 5.83. The van der Waals surface area contributed by atoms with E-state index in [9.17, 15) is 0 Å². The third kappa shape index (κ3) is 3.11. The molecule has 2 N–H and O–H groups in total. The van der Waals surface area contributed by atoms with Gasteiger partial charge in [0.1, 0.15) is 12.3 Å². The van der Waals surface area contributed by atoms with Crippen LogP contribution in [0.15, 0.2) is 28.7 Å². The molecule has 0 radical (unpaired) electrons. The number of rotatable bonds is 3. The summed E-state index contributed by atoms with van der Waals surface area (Å²) < 4.78 is 6.55. The van der Waals surface area contributed by atoms with E-state index in [1.54, 1.807) is 6.92 Å². The van der Waals surface area contributed by atoms with Gasteiger partial charge in [-0.05, 0) is 36.2 Å². The van der Waals surface area contributed by atoms with Gasteiger partial charge < -0.3 is 10.5 Å². The predicted molar refractivity (Wildman–Crippen MR) is 74.7 cm³/mol. The second-order valence-electron chi connectivity index (χ2n) is 3.72. The first-order valence-electron chi connectivity index (χ1n) is 5.23. The molecule has 0 bridgehead atoms. The number of aryl methyl sites for hydroxylation is 1. The average Bonchev–Trinajstić information content (AvgIpc) is 2.32. The molecule has 0 aliphatic carbocycles. The zero-order chi connectivity index (χ0) is 13.1. The quantitative estimate of drug-likeness (QED) is 0.878. The molecule has 2 rings (SSSR count). The number of hydrogen-bond acceptors (Lipinski definition) is 4. The van der Waals surface area contributed by atoms with E-state index in [0.29, 0.717) is 23.9 Å². The van der Waals surface area contributed by atoms with Crippen molar-refractivity contribution in [3.8, 4) is 5.88 Å². The fourth-order valence-electron chi connectivity index (χ4n) is 1.41. The highest BCUT2D eigenvalue weighted by Gasteiger charge is 2.09. The van der Waals surface area contributed by atoms with Crippen LogP contribution in [0.25, 0.3) is 0 Å². The molecule has 94 valence electrons. The van der Waals surface area contributed by atoms with Gasteiger partial charge >= 0.3 is 0 Å². The van der Waals surface area contributed by atoms with Crippen LogP contribution in [0.1, 0.15) is 11.3 Å². The van der Waals surface area contributed by atoms with Crippen LogP contribution in [-0.2, 0) is 6.61 Å². The lowest BCUT2D eigenvalue weighted by Gasteiger charge is -2.09. The Bertz CT molecular complexity index is 577. The van der Waals surface area contributed by atoms with Crippen LogP contribution in [0.2, 0.25) is 5.28 Å². The number of benzene rings is 1. The van der Waals surface area contributed by atoms with Gasteiger partial charge in [0, 0.05) is 4.47 Å². The van der Waals surface area contributed by atoms with Gasteiger partial charge in [0.05, 0.1) is 5.69 Å². The molecule has 0 aliphatic rings. The minimum Gasteiger partial charge on any atom is -0.471 e. The summed E-state index contributed by atoms with van der Waals surface area (Å²) in [5.41, 5.74) is 7.86. The molecule has 1 aromatic carbocycles. The van der Waals surface area contributed by atoms with Gasteiger partial charge in [0.15, 0.2) is 0 Å². The summed E-state index contributed by atoms with van der Waals surface area (Å²) in [6, 6.07) is 7.80. The number of hydrogen-bond donors (Lipinski definition) is 1. The summed E-state index contributed by atoms with van der Waals surface area (Å²) in [6.45, 7) is 2.13. The van der Waals surface area contributed by atoms with Crippen molar-refractivity contribution in [1.29, 1.82) is 0 Å². The second kappa shape index (κ2) is 5.54. The van der Waals surface area contributed by atoms with Gasteiger partial charge in [0.2, 0.25) is 11.2 Å². The van der Waals surface area contributed by atoms with E-state index >= 15 is 0 Å². The molecule has 0 spiro atoms. The Balaban J connectivity index is 2.15. The first-order chi connectivity index (χ1) is 8.56. The van der Waals surface area contributed by atoms with E-state index in [0.717, 1.165) is 10.0 Å². The zero-order valence-electron chi connectivity index (χ0n) is 9.65. The standard InChI is InChI=1S/C12H11BrClN3O/c1-7-10(15)11(17-12(14)16-7)18-6-8-3-2-4-9(13)5-8/h2-5H,6,15H2,1H3. The fourth-order valence-corrected chi connectivity index (χ4v) is 2.06. The van der Waals surface area contributed by atoms with Crippen molar-refractivity contribution in [3.63, 3.8) is 0 Å². The van der Waals surface area contributed by atoms with Crippen LogP contribution in [0.4, 0.5) is 5.69 Å². The molecule has 6 heteroatoms. The fraction of sp³-hybridized carbons (Fsp3) is 0.167. The Labute approximate surface area is 118 Å². The Kier molecular flexibility index (Phi) is 4.04. The third-order valence-corrected chi connectivity index (χ3v) is 3.00. The van der Waals surface area contributed by atoms with Crippen LogP contribution in [0.3, 0.4) is 0 Å². The summed E-state index contributed by atoms with van der Waals surface area (Å²) in [4.78, 5) is 7.91. The normalized spacial score (nSPS) is 10.4. The molecule has 0 unspecified atom stereocenters. The number of halogens is 2. The van der Waals surface area contributed by atoms with E-state index in [1.165, 1.54) is 0 Å². The maximum Gasteiger partial charge on any atom is 0.242 e. The Morgan fingerprint density at radius 2 is 2.17 bits per heavy atom. The molecule has 4 nitrogen and oxygen atoms in total.